The molecule has 3 N–H and O–H groups in total. The maximum atomic E-state index is 14.6. The van der Waals surface area contributed by atoms with E-state index in [1.54, 1.807) is 37.1 Å². The summed E-state index contributed by atoms with van der Waals surface area (Å²) in [6, 6.07) is 8.17. The molecule has 0 fully saturated rings. The fourth-order valence-electron chi connectivity index (χ4n) is 4.62. The number of hydrogen-bond donors (Lipinski definition) is 3. The number of ether oxygens (including phenoxy) is 1. The molecule has 5 heterocycles. The highest BCUT2D eigenvalue weighted by Crippen LogP contribution is 2.33. The van der Waals surface area contributed by atoms with Crippen molar-refractivity contribution >= 4 is 32.0 Å². The minimum absolute atomic E-state index is 0.0465. The molecular weight excluding hydrogens is 573 g/mol. The van der Waals surface area contributed by atoms with Crippen LogP contribution in [0.25, 0.3) is 55.8 Å². The summed E-state index contributed by atoms with van der Waals surface area (Å²) in [5, 5.41) is 8.30. The molecule has 0 bridgehead atoms. The minimum Gasteiger partial charge on any atom is -0.491 e. The lowest BCUT2D eigenvalue weighted by atomic mass is 10.0. The van der Waals surface area contributed by atoms with Crippen molar-refractivity contribution in [3.8, 4) is 39.7 Å². The number of pyridine rings is 3. The fraction of sp³-hybridized carbons (Fsp3) is 0.207. The largest absolute Gasteiger partial charge is 0.491 e. The topological polar surface area (TPSA) is 155 Å². The van der Waals surface area contributed by atoms with E-state index in [1.807, 2.05) is 31.1 Å². The van der Waals surface area contributed by atoms with Gasteiger partial charge in [0.05, 0.1) is 47.1 Å². The molecule has 0 aliphatic heterocycles. The molecular formula is C29H28FN9O3S. The number of hydrogen-bond acceptors (Lipinski definition) is 9. The molecule has 6 aromatic rings. The summed E-state index contributed by atoms with van der Waals surface area (Å²) < 4.78 is 45.9. The molecule has 0 amide bonds. The van der Waals surface area contributed by atoms with Crippen molar-refractivity contribution in [1.82, 2.24) is 44.7 Å². The van der Waals surface area contributed by atoms with Gasteiger partial charge >= 0.3 is 0 Å². The summed E-state index contributed by atoms with van der Waals surface area (Å²) in [6.07, 6.45) is 9.39. The first-order valence-corrected chi connectivity index (χ1v) is 15.2. The molecule has 0 aliphatic carbocycles. The monoisotopic (exact) mass is 601 g/mol. The van der Waals surface area contributed by atoms with Crippen LogP contribution in [-0.4, -0.2) is 81.9 Å². The standard InChI is InChI=1S/C29H28FN9O3S/c1-39(2)4-5-42-21-9-19(12-31-13-21)24-10-22-25(16-33-24)37-38-28(22)29-35-26-15-32-14-23(27(26)36-29)18-6-17(7-20(30)8-18)11-34-43(3,40)41/h6-10,12-16,34H,4-5,11H2,1-3H3,(H,35,36)(H,37,38). The number of likely N-dealkylation sites (N-methyl/N-ethyl adjacent to an activating group) is 1. The van der Waals surface area contributed by atoms with Crippen LogP contribution < -0.4 is 9.46 Å². The quantitative estimate of drug-likeness (QED) is 0.213. The number of H-pyrrole nitrogens is 2. The Labute approximate surface area is 246 Å². The number of sulfonamides is 1. The predicted octanol–water partition coefficient (Wildman–Crippen LogP) is 3.75. The van der Waals surface area contributed by atoms with Crippen molar-refractivity contribution in [2.24, 2.45) is 0 Å². The zero-order valence-corrected chi connectivity index (χ0v) is 24.4. The van der Waals surface area contributed by atoms with Crippen LogP contribution in [0.15, 0.2) is 61.3 Å². The smallest absolute Gasteiger partial charge is 0.209 e. The Hall–Kier alpha value is -4.79. The molecule has 43 heavy (non-hydrogen) atoms. The molecule has 0 spiro atoms. The third-order valence-corrected chi connectivity index (χ3v) is 7.36. The lowest BCUT2D eigenvalue weighted by Gasteiger charge is -2.11. The maximum Gasteiger partial charge on any atom is 0.209 e. The molecule has 0 saturated carbocycles. The van der Waals surface area contributed by atoms with Crippen LogP contribution >= 0.6 is 0 Å². The number of imidazole rings is 1. The zero-order chi connectivity index (χ0) is 30.1. The van der Waals surface area contributed by atoms with Gasteiger partial charge in [0, 0.05) is 42.0 Å². The van der Waals surface area contributed by atoms with E-state index in [0.717, 1.165) is 29.3 Å². The number of rotatable bonds is 10. The average molecular weight is 602 g/mol. The summed E-state index contributed by atoms with van der Waals surface area (Å²) >= 11 is 0. The number of fused-ring (bicyclic) bond motifs is 2. The lowest BCUT2D eigenvalue weighted by molar-refractivity contribution is 0.261. The van der Waals surface area contributed by atoms with E-state index >= 15 is 0 Å². The Bertz CT molecular complexity index is 2060. The van der Waals surface area contributed by atoms with Gasteiger partial charge in [-0.25, -0.2) is 22.5 Å². The molecule has 14 heteroatoms. The minimum atomic E-state index is -3.44. The molecule has 220 valence electrons. The van der Waals surface area contributed by atoms with E-state index < -0.39 is 15.8 Å². The Morgan fingerprint density at radius 1 is 0.977 bits per heavy atom. The molecule has 0 radical (unpaired) electrons. The number of benzene rings is 1. The highest BCUT2D eigenvalue weighted by Gasteiger charge is 2.18. The van der Waals surface area contributed by atoms with E-state index in [2.05, 4.69) is 34.9 Å². The predicted molar refractivity (Wildman–Crippen MR) is 161 cm³/mol. The van der Waals surface area contributed by atoms with Gasteiger partial charge in [-0.1, -0.05) is 0 Å². The van der Waals surface area contributed by atoms with Gasteiger partial charge in [-0.2, -0.15) is 5.10 Å². The Balaban J connectivity index is 1.35. The van der Waals surface area contributed by atoms with Crippen molar-refractivity contribution < 1.29 is 17.5 Å². The van der Waals surface area contributed by atoms with Gasteiger partial charge in [0.25, 0.3) is 0 Å². The van der Waals surface area contributed by atoms with Crippen molar-refractivity contribution in [3.05, 3.63) is 72.7 Å². The SMILES string of the molecule is CN(C)CCOc1cncc(-c2cc3c(-c4nc5c(-c6cc(F)cc(CNS(C)(=O)=O)c6)cncc5[nH]4)n[nH]c3cn2)c1. The highest BCUT2D eigenvalue weighted by molar-refractivity contribution is 7.88. The van der Waals surface area contributed by atoms with Crippen LogP contribution in [0.3, 0.4) is 0 Å². The zero-order valence-electron chi connectivity index (χ0n) is 23.6. The molecule has 1 aromatic carbocycles. The first-order valence-electron chi connectivity index (χ1n) is 13.3. The highest BCUT2D eigenvalue weighted by atomic mass is 32.2. The third kappa shape index (κ3) is 6.35. The second kappa shape index (κ2) is 11.5. The molecule has 6 rings (SSSR count). The Morgan fingerprint density at radius 3 is 2.63 bits per heavy atom. The van der Waals surface area contributed by atoms with Crippen LogP contribution in [0.1, 0.15) is 5.56 Å². The first kappa shape index (κ1) is 28.3. The Kier molecular flexibility index (Phi) is 7.56. The van der Waals surface area contributed by atoms with Gasteiger partial charge < -0.3 is 14.6 Å². The van der Waals surface area contributed by atoms with E-state index in [4.69, 9.17) is 9.72 Å². The Morgan fingerprint density at radius 2 is 1.81 bits per heavy atom. The maximum absolute atomic E-state index is 14.6. The van der Waals surface area contributed by atoms with Gasteiger partial charge in [-0.05, 0) is 55.6 Å². The molecule has 0 saturated heterocycles. The number of aromatic nitrogens is 7. The van der Waals surface area contributed by atoms with E-state index in [0.29, 0.717) is 57.3 Å². The summed E-state index contributed by atoms with van der Waals surface area (Å²) in [4.78, 5) is 23.4. The summed E-state index contributed by atoms with van der Waals surface area (Å²) in [7, 11) is 0.525. The van der Waals surface area contributed by atoms with Crippen LogP contribution in [-0.2, 0) is 16.6 Å². The van der Waals surface area contributed by atoms with Crippen LogP contribution in [0.4, 0.5) is 4.39 Å². The lowest BCUT2D eigenvalue weighted by Crippen LogP contribution is -2.21. The van der Waals surface area contributed by atoms with Crippen molar-refractivity contribution in [2.45, 2.75) is 6.54 Å². The third-order valence-electron chi connectivity index (χ3n) is 6.69. The van der Waals surface area contributed by atoms with Gasteiger partial charge in [0.1, 0.15) is 23.9 Å². The number of aromatic amines is 2. The molecule has 0 aliphatic rings. The van der Waals surface area contributed by atoms with Crippen molar-refractivity contribution in [1.29, 1.82) is 0 Å². The van der Waals surface area contributed by atoms with Gasteiger partial charge in [0.15, 0.2) is 5.82 Å². The number of nitrogens with zero attached hydrogens (tertiary/aromatic N) is 6. The number of nitrogens with one attached hydrogen (secondary N) is 3. The van der Waals surface area contributed by atoms with Crippen LogP contribution in [0, 0.1) is 5.82 Å². The molecule has 0 unspecified atom stereocenters. The van der Waals surface area contributed by atoms with E-state index in [9.17, 15) is 12.8 Å². The summed E-state index contributed by atoms with van der Waals surface area (Å²) in [5.74, 6) is 0.635. The van der Waals surface area contributed by atoms with Gasteiger partial charge in [-0.3, -0.25) is 20.1 Å². The average Bonchev–Trinajstić information content (AvgIpc) is 3.59. The van der Waals surface area contributed by atoms with Gasteiger partial charge in [-0.15, -0.1) is 0 Å². The van der Waals surface area contributed by atoms with Crippen LogP contribution in [0.5, 0.6) is 5.75 Å². The molecule has 12 nitrogen and oxygen atoms in total. The molecule has 5 aromatic heterocycles. The fourth-order valence-corrected chi connectivity index (χ4v) is 5.05. The van der Waals surface area contributed by atoms with E-state index in [1.165, 1.54) is 12.1 Å². The second-order valence-corrected chi connectivity index (χ2v) is 12.2. The van der Waals surface area contributed by atoms with Crippen molar-refractivity contribution in [2.75, 3.05) is 33.5 Å². The number of halogens is 1. The molecule has 0 atom stereocenters. The second-order valence-electron chi connectivity index (χ2n) is 10.4. The first-order chi connectivity index (χ1) is 20.6. The van der Waals surface area contributed by atoms with Crippen molar-refractivity contribution in [3.63, 3.8) is 0 Å². The summed E-state index contributed by atoms with van der Waals surface area (Å²) in [6.45, 7) is 1.27. The van der Waals surface area contributed by atoms with Gasteiger partial charge in [0.2, 0.25) is 10.0 Å². The van der Waals surface area contributed by atoms with Crippen LogP contribution in [0.2, 0.25) is 0 Å². The summed E-state index contributed by atoms with van der Waals surface area (Å²) in [5.41, 5.74) is 5.53. The normalized spacial score (nSPS) is 12.0. The van der Waals surface area contributed by atoms with E-state index in [-0.39, 0.29) is 6.54 Å².